The Morgan fingerprint density at radius 1 is 1.50 bits per heavy atom. The summed E-state index contributed by atoms with van der Waals surface area (Å²) in [5.41, 5.74) is 0.416. The summed E-state index contributed by atoms with van der Waals surface area (Å²) >= 11 is 0. The molecule has 12 heavy (non-hydrogen) atoms. The average molecular weight is 182 g/mol. The minimum absolute atomic E-state index is 0.471. The summed E-state index contributed by atoms with van der Waals surface area (Å²) in [6.07, 6.45) is 4.43. The fourth-order valence-electron chi connectivity index (χ4n) is 0.776. The molecule has 0 saturated heterocycles. The first-order valence-corrected chi connectivity index (χ1v) is 4.27. The molecular weight excluding hydrogens is 167 g/mol. The topological polar surface area (TPSA) is 17.1 Å². The third kappa shape index (κ3) is 3.15. The summed E-state index contributed by atoms with van der Waals surface area (Å²) in [4.78, 5) is 10.7. The fraction of sp³-hybridized carbons (Fsp3) is 0.300. The fourth-order valence-corrected chi connectivity index (χ4v) is 0.955. The van der Waals surface area contributed by atoms with E-state index in [0.717, 1.165) is 17.2 Å². The number of carbonyl (C=O) groups excluding carboxylic acids is 1. The van der Waals surface area contributed by atoms with Crippen LogP contribution in [-0.4, -0.2) is 6.29 Å². The Kier molecular flexibility index (Phi) is 4.12. The highest BCUT2D eigenvalue weighted by Crippen LogP contribution is 2.26. The minimum Gasteiger partial charge on any atom is -0.302 e. The molecule has 0 N–H and O–H groups in total. The molecule has 0 heterocycles. The van der Waals surface area contributed by atoms with Crippen molar-refractivity contribution in [2.45, 2.75) is 13.8 Å². The lowest BCUT2D eigenvalue weighted by atomic mass is 9.85. The van der Waals surface area contributed by atoms with E-state index >= 15 is 0 Å². The second-order valence-electron chi connectivity index (χ2n) is 3.22. The molecular formula is C10H15OP. The number of carbonyl (C=O) groups is 1. The maximum Gasteiger partial charge on any atom is 0.129 e. The van der Waals surface area contributed by atoms with Gasteiger partial charge in [-0.25, -0.2) is 0 Å². The molecule has 0 amide bonds. The largest absolute Gasteiger partial charge is 0.302 e. The van der Waals surface area contributed by atoms with E-state index in [9.17, 15) is 4.79 Å². The molecule has 0 saturated carbocycles. The van der Waals surface area contributed by atoms with Gasteiger partial charge in [-0.3, -0.25) is 0 Å². The normalized spacial score (nSPS) is 12.4. The highest BCUT2D eigenvalue weighted by molar-refractivity contribution is 7.22. The SMILES string of the molecule is C=C/C(=C\C(=C)P)C(C)(C)C=O. The Bertz CT molecular complexity index is 236. The molecule has 66 valence electrons. The van der Waals surface area contributed by atoms with E-state index < -0.39 is 5.41 Å². The summed E-state index contributed by atoms with van der Waals surface area (Å²) in [6, 6.07) is 0. The van der Waals surface area contributed by atoms with Gasteiger partial charge in [0.1, 0.15) is 6.29 Å². The summed E-state index contributed by atoms with van der Waals surface area (Å²) < 4.78 is 0. The van der Waals surface area contributed by atoms with Gasteiger partial charge in [-0.05, 0) is 24.7 Å². The molecule has 0 spiro atoms. The van der Waals surface area contributed by atoms with Crippen molar-refractivity contribution in [2.75, 3.05) is 0 Å². The van der Waals surface area contributed by atoms with Gasteiger partial charge in [-0.1, -0.05) is 25.3 Å². The van der Waals surface area contributed by atoms with Gasteiger partial charge in [0.25, 0.3) is 0 Å². The highest BCUT2D eigenvalue weighted by atomic mass is 31.0. The van der Waals surface area contributed by atoms with Crippen LogP contribution in [0.25, 0.3) is 0 Å². The second kappa shape index (κ2) is 4.37. The first kappa shape index (κ1) is 11.3. The Morgan fingerprint density at radius 2 is 2.00 bits per heavy atom. The second-order valence-corrected chi connectivity index (χ2v) is 3.96. The molecule has 0 aromatic rings. The van der Waals surface area contributed by atoms with Crippen LogP contribution in [0.15, 0.2) is 36.2 Å². The first-order chi connectivity index (χ1) is 5.44. The van der Waals surface area contributed by atoms with E-state index in [1.165, 1.54) is 0 Å². The van der Waals surface area contributed by atoms with E-state index in [1.807, 2.05) is 19.9 Å². The maximum atomic E-state index is 10.7. The lowest BCUT2D eigenvalue weighted by Gasteiger charge is -2.18. The molecule has 0 aliphatic rings. The van der Waals surface area contributed by atoms with Crippen molar-refractivity contribution in [1.29, 1.82) is 0 Å². The molecule has 1 atom stereocenters. The molecule has 0 fully saturated rings. The third-order valence-corrected chi connectivity index (χ3v) is 1.77. The van der Waals surface area contributed by atoms with Gasteiger partial charge in [0.2, 0.25) is 0 Å². The van der Waals surface area contributed by atoms with E-state index in [0.29, 0.717) is 0 Å². The smallest absolute Gasteiger partial charge is 0.129 e. The minimum atomic E-state index is -0.471. The lowest BCUT2D eigenvalue weighted by molar-refractivity contribution is -0.113. The molecule has 1 nitrogen and oxygen atoms in total. The Balaban J connectivity index is 4.90. The van der Waals surface area contributed by atoms with Crippen molar-refractivity contribution in [2.24, 2.45) is 5.41 Å². The number of aldehydes is 1. The van der Waals surface area contributed by atoms with Crippen LogP contribution in [0.2, 0.25) is 0 Å². The monoisotopic (exact) mass is 182 g/mol. The van der Waals surface area contributed by atoms with Crippen LogP contribution in [-0.2, 0) is 4.79 Å². The number of rotatable bonds is 4. The van der Waals surface area contributed by atoms with Gasteiger partial charge in [0, 0.05) is 5.41 Å². The number of hydrogen-bond donors (Lipinski definition) is 0. The van der Waals surface area contributed by atoms with Crippen molar-refractivity contribution in [3.8, 4) is 0 Å². The molecule has 0 rings (SSSR count). The Hall–Kier alpha value is -0.680. The highest BCUT2D eigenvalue weighted by Gasteiger charge is 2.19. The molecule has 0 bridgehead atoms. The summed E-state index contributed by atoms with van der Waals surface area (Å²) in [5.74, 6) is 0. The predicted octanol–water partition coefficient (Wildman–Crippen LogP) is 2.71. The molecule has 2 heteroatoms. The van der Waals surface area contributed by atoms with Gasteiger partial charge in [0.15, 0.2) is 0 Å². The quantitative estimate of drug-likeness (QED) is 0.371. The van der Waals surface area contributed by atoms with Crippen LogP contribution in [0.4, 0.5) is 0 Å². The Morgan fingerprint density at radius 3 is 2.25 bits per heavy atom. The predicted molar refractivity (Wildman–Crippen MR) is 57.0 cm³/mol. The molecule has 0 aromatic carbocycles. The third-order valence-electron chi connectivity index (χ3n) is 1.60. The molecule has 0 aliphatic carbocycles. The Labute approximate surface area is 76.4 Å². The van der Waals surface area contributed by atoms with E-state index in [2.05, 4.69) is 22.4 Å². The van der Waals surface area contributed by atoms with Gasteiger partial charge in [0.05, 0.1) is 0 Å². The van der Waals surface area contributed by atoms with Gasteiger partial charge in [-0.2, -0.15) is 0 Å². The standard InChI is InChI=1S/C10H15OP/c1-5-9(6-8(2)12)10(3,4)7-11/h5-7H,1-2,12H2,3-4H3/b9-6+. The summed E-state index contributed by atoms with van der Waals surface area (Å²) in [7, 11) is 2.48. The van der Waals surface area contributed by atoms with Crippen LogP contribution in [0.5, 0.6) is 0 Å². The van der Waals surface area contributed by atoms with Crippen molar-refractivity contribution < 1.29 is 4.79 Å². The summed E-state index contributed by atoms with van der Waals surface area (Å²) in [6.45, 7) is 11.1. The zero-order valence-corrected chi connectivity index (χ0v) is 8.79. The lowest BCUT2D eigenvalue weighted by Crippen LogP contribution is -2.14. The van der Waals surface area contributed by atoms with Gasteiger partial charge >= 0.3 is 0 Å². The van der Waals surface area contributed by atoms with Crippen molar-refractivity contribution in [3.63, 3.8) is 0 Å². The van der Waals surface area contributed by atoms with Crippen LogP contribution in [0.3, 0.4) is 0 Å². The van der Waals surface area contributed by atoms with Crippen LogP contribution in [0, 0.1) is 5.41 Å². The maximum absolute atomic E-state index is 10.7. The zero-order valence-electron chi connectivity index (χ0n) is 7.63. The van der Waals surface area contributed by atoms with E-state index in [4.69, 9.17) is 0 Å². The molecule has 0 aromatic heterocycles. The zero-order chi connectivity index (χ0) is 9.78. The first-order valence-electron chi connectivity index (χ1n) is 3.69. The van der Waals surface area contributed by atoms with E-state index in [1.54, 1.807) is 6.08 Å². The van der Waals surface area contributed by atoms with Crippen LogP contribution < -0.4 is 0 Å². The summed E-state index contributed by atoms with van der Waals surface area (Å²) in [5, 5.41) is 0.847. The molecule has 0 aliphatic heterocycles. The average Bonchev–Trinajstić information content (AvgIpc) is 1.99. The van der Waals surface area contributed by atoms with Crippen LogP contribution in [0.1, 0.15) is 13.8 Å². The van der Waals surface area contributed by atoms with Gasteiger partial charge in [-0.15, -0.1) is 9.24 Å². The van der Waals surface area contributed by atoms with Crippen molar-refractivity contribution in [3.05, 3.63) is 36.2 Å². The van der Waals surface area contributed by atoms with Crippen LogP contribution >= 0.6 is 9.24 Å². The van der Waals surface area contributed by atoms with E-state index in [-0.39, 0.29) is 0 Å². The molecule has 0 radical (unpaired) electrons. The van der Waals surface area contributed by atoms with Gasteiger partial charge < -0.3 is 4.79 Å². The number of allylic oxidation sites excluding steroid dienone is 4. The van der Waals surface area contributed by atoms with Crippen molar-refractivity contribution >= 4 is 15.5 Å². The number of hydrogen-bond acceptors (Lipinski definition) is 1. The van der Waals surface area contributed by atoms with Crippen molar-refractivity contribution in [1.82, 2.24) is 0 Å². The molecule has 1 unspecified atom stereocenters.